The van der Waals surface area contributed by atoms with Crippen molar-refractivity contribution >= 4 is 35.5 Å². The van der Waals surface area contributed by atoms with Gasteiger partial charge in [-0.3, -0.25) is 29.7 Å². The lowest BCUT2D eigenvalue weighted by Gasteiger charge is -2.41. The normalized spacial score (nSPS) is 24.8. The van der Waals surface area contributed by atoms with E-state index in [1.807, 2.05) is 27.7 Å². The zero-order valence-corrected chi connectivity index (χ0v) is 69.6. The second-order valence-corrected chi connectivity index (χ2v) is 30.3. The number of nitrogens with one attached hydrogen (secondary N) is 5. The quantitative estimate of drug-likeness (QED) is 0.0239. The van der Waals surface area contributed by atoms with Crippen molar-refractivity contribution in [2.24, 2.45) is 34.3 Å². The molecule has 0 aromatic carbocycles. The van der Waals surface area contributed by atoms with Crippen molar-refractivity contribution in [1.29, 1.82) is 0 Å². The predicted octanol–water partition coefficient (Wildman–Crippen LogP) is -1.67. The summed E-state index contributed by atoms with van der Waals surface area (Å²) in [4.78, 5) is 77.5. The van der Waals surface area contributed by atoms with Gasteiger partial charge in [-0.2, -0.15) is 0 Å². The van der Waals surface area contributed by atoms with Crippen LogP contribution in [0.3, 0.4) is 0 Å². The summed E-state index contributed by atoms with van der Waals surface area (Å²) in [5.74, 6) is -3.76. The van der Waals surface area contributed by atoms with Gasteiger partial charge in [-0.05, 0) is 19.8 Å². The van der Waals surface area contributed by atoms with Crippen molar-refractivity contribution in [3.63, 3.8) is 0 Å². The predicted molar refractivity (Wildman–Crippen MR) is 413 cm³/mol. The van der Waals surface area contributed by atoms with Crippen LogP contribution in [-0.4, -0.2) is 372 Å². The number of hydrogen-bond acceptors (Lipinski definition) is 34. The molecule has 5 amide bonds. The number of rotatable bonds is 70. The molecule has 3 aliphatic rings. The molecule has 39 heteroatoms. The third kappa shape index (κ3) is 44.5. The first-order chi connectivity index (χ1) is 55.7. The fourth-order valence-corrected chi connectivity index (χ4v) is 12.3. The van der Waals surface area contributed by atoms with Crippen LogP contribution >= 0.6 is 0 Å². The fraction of sp³-hybridized carbons (Fsp3) is 0.922. The van der Waals surface area contributed by atoms with Crippen LogP contribution in [0.25, 0.3) is 0 Å². The van der Waals surface area contributed by atoms with Crippen LogP contribution in [0.2, 0.25) is 0 Å². The number of Topliss-reactive ketones (excluding diaryl/α,β-unsaturated/α-hetero) is 1. The summed E-state index contributed by atoms with van der Waals surface area (Å²) < 4.78 is 103. The van der Waals surface area contributed by atoms with E-state index in [1.54, 1.807) is 20.8 Å². The van der Waals surface area contributed by atoms with E-state index in [2.05, 4.69) is 31.3 Å². The van der Waals surface area contributed by atoms with E-state index in [1.165, 1.54) is 0 Å². The maximum Gasteiger partial charge on any atom is 0.408 e. The number of aliphatic hydroxyl groups excluding tert-OH is 9. The van der Waals surface area contributed by atoms with E-state index in [9.17, 15) is 74.7 Å². The molecule has 680 valence electrons. The van der Waals surface area contributed by atoms with Crippen molar-refractivity contribution < 1.29 is 160 Å². The minimum Gasteiger partial charge on any atom is -0.434 e. The Morgan fingerprint density at radius 2 is 0.647 bits per heavy atom. The molecule has 16 atom stereocenters. The van der Waals surface area contributed by atoms with Crippen molar-refractivity contribution in [3.8, 4) is 0 Å². The summed E-state index contributed by atoms with van der Waals surface area (Å²) >= 11 is 0. The molecule has 0 saturated carbocycles. The molecule has 16 unspecified atom stereocenters. The van der Waals surface area contributed by atoms with Crippen molar-refractivity contribution in [1.82, 2.24) is 26.6 Å². The highest BCUT2D eigenvalue weighted by Gasteiger charge is 2.46. The van der Waals surface area contributed by atoms with Gasteiger partial charge in [0.05, 0.1) is 190 Å². The number of nitrogens with two attached hydrogens (primary N) is 1. The Hall–Kier alpha value is -4.26. The number of alkyl carbamates (subject to hydrolysis) is 1. The maximum atomic E-state index is 14.1. The van der Waals surface area contributed by atoms with Gasteiger partial charge < -0.3 is 158 Å². The average molecular weight is 1680 g/mol. The topological polar surface area (TPSA) is 537 Å². The largest absolute Gasteiger partial charge is 0.434 e. The third-order valence-electron chi connectivity index (χ3n) is 19.9. The number of aliphatic hydroxyl groups is 9. The van der Waals surface area contributed by atoms with Gasteiger partial charge in [0, 0.05) is 99.8 Å². The summed E-state index contributed by atoms with van der Waals surface area (Å²) in [6, 6.07) is 0. The first-order valence-corrected chi connectivity index (χ1v) is 41.1. The standard InChI is InChI=1S/C77H144N6O33/c1-54-65(92)68(95)58(47-84)114-71(54)108-43-40-102-37-34-99-29-21-79-62(89)18-26-105-50-77(51-106-27-19-63(90)80-22-30-100-35-38-103-41-44-109-72-55(2)66(93)69(96)59(48-85)115-72,52-107-28-20-64(91)81-23-31-101-36-39-104-42-45-110-73-56(3)67(94)70(97)60(49-86)116-73)46-57(87)16-14-12-10-8-9-11-13-15-17-61(88)82-24-32-112-76(7,75(4,5)6)113-33-25-83-74(98)111-53-78/h54-56,58-60,65-73,84-86,92-97H,8-53,78H2,1-7H3,(H,79,89)(H,80,90)(H,81,91)(H,82,88)(H,83,98). The molecule has 116 heavy (non-hydrogen) atoms. The number of unbranched alkanes of at least 4 members (excludes halogenated alkanes) is 7. The Morgan fingerprint density at radius 3 is 0.974 bits per heavy atom. The summed E-state index contributed by atoms with van der Waals surface area (Å²) in [6.07, 6.45) is -6.04. The Morgan fingerprint density at radius 1 is 0.353 bits per heavy atom. The molecular weight excluding hydrogens is 1540 g/mol. The van der Waals surface area contributed by atoms with Gasteiger partial charge in [-0.25, -0.2) is 4.79 Å². The number of hydrogen-bond donors (Lipinski definition) is 15. The smallest absolute Gasteiger partial charge is 0.408 e. The molecule has 3 heterocycles. The van der Waals surface area contributed by atoms with Crippen LogP contribution in [0, 0.1) is 28.6 Å². The molecule has 0 aliphatic carbocycles. The Bertz CT molecular complexity index is 2390. The van der Waals surface area contributed by atoms with Crippen LogP contribution in [0.4, 0.5) is 4.79 Å². The molecule has 0 radical (unpaired) electrons. The monoisotopic (exact) mass is 1680 g/mol. The Kier molecular flexibility index (Phi) is 57.3. The number of ether oxygens (including phenoxy) is 18. The molecule has 0 spiro atoms. The van der Waals surface area contributed by atoms with E-state index in [-0.39, 0.29) is 246 Å². The number of ketones is 1. The van der Waals surface area contributed by atoms with E-state index < -0.39 is 134 Å². The van der Waals surface area contributed by atoms with Gasteiger partial charge in [-0.15, -0.1) is 0 Å². The van der Waals surface area contributed by atoms with Crippen molar-refractivity contribution in [3.05, 3.63) is 0 Å². The molecule has 3 rings (SSSR count). The van der Waals surface area contributed by atoms with Gasteiger partial charge in [-0.1, -0.05) is 80.1 Å². The van der Waals surface area contributed by atoms with E-state index in [0.717, 1.165) is 44.9 Å². The highest BCUT2D eigenvalue weighted by atomic mass is 16.7. The fourth-order valence-electron chi connectivity index (χ4n) is 12.3. The summed E-state index contributed by atoms with van der Waals surface area (Å²) in [6.45, 7) is 14.8. The molecule has 3 saturated heterocycles. The van der Waals surface area contributed by atoms with E-state index in [0.29, 0.717) is 19.4 Å². The van der Waals surface area contributed by atoms with Gasteiger partial charge in [0.2, 0.25) is 23.6 Å². The zero-order valence-electron chi connectivity index (χ0n) is 69.6. The maximum absolute atomic E-state index is 14.1. The second-order valence-electron chi connectivity index (χ2n) is 30.3. The number of carbonyl (C=O) groups is 6. The zero-order chi connectivity index (χ0) is 85.4. The van der Waals surface area contributed by atoms with Gasteiger partial charge in [0.15, 0.2) is 24.7 Å². The molecular formula is C77H144N6O33. The first kappa shape index (κ1) is 106. The van der Waals surface area contributed by atoms with Crippen LogP contribution < -0.4 is 32.3 Å². The average Bonchev–Trinajstić information content (AvgIpc) is 0.869. The number of carbonyl (C=O) groups excluding carboxylic acids is 6. The first-order valence-electron chi connectivity index (χ1n) is 41.1. The summed E-state index contributed by atoms with van der Waals surface area (Å²) in [5, 5.41) is 103. The number of amides is 5. The third-order valence-corrected chi connectivity index (χ3v) is 19.9. The Labute approximate surface area is 683 Å². The highest BCUT2D eigenvalue weighted by Crippen LogP contribution is 2.35. The lowest BCUT2D eigenvalue weighted by Crippen LogP contribution is -2.55. The van der Waals surface area contributed by atoms with Crippen LogP contribution in [0.1, 0.15) is 138 Å². The lowest BCUT2D eigenvalue weighted by atomic mass is 9.84. The molecule has 0 aromatic rings. The summed E-state index contributed by atoms with van der Waals surface area (Å²) in [7, 11) is 0. The molecule has 0 bridgehead atoms. The van der Waals surface area contributed by atoms with E-state index in [4.69, 9.17) is 86.3 Å². The van der Waals surface area contributed by atoms with Gasteiger partial charge in [0.25, 0.3) is 0 Å². The molecule has 16 N–H and O–H groups in total. The summed E-state index contributed by atoms with van der Waals surface area (Å²) in [5.41, 5.74) is 3.68. The van der Waals surface area contributed by atoms with Gasteiger partial charge >= 0.3 is 6.09 Å². The van der Waals surface area contributed by atoms with Crippen molar-refractivity contribution in [2.75, 3.05) is 211 Å². The van der Waals surface area contributed by atoms with Crippen LogP contribution in [0.15, 0.2) is 0 Å². The van der Waals surface area contributed by atoms with Crippen molar-refractivity contribution in [2.45, 2.75) is 218 Å². The SMILES string of the molecule is CC1C(OCCOCCOCCNC(=O)CCOCC(COCCC(=O)NCCOCCOCCOC2OC(CO)C(O)C(O)C2C)(COCCC(=O)NCCOCCOCCOC2OC(CO)C(O)C(O)C2C)CC(=O)CCCCCCCCCCC(=O)NCCOC(C)(OCCNC(=O)OCN)C(C)(C)C)OC(CO)C(O)C1O. The highest BCUT2D eigenvalue weighted by molar-refractivity contribution is 5.79. The lowest BCUT2D eigenvalue weighted by molar-refractivity contribution is -0.284. The van der Waals surface area contributed by atoms with Crippen LogP contribution in [-0.2, 0) is 109 Å². The van der Waals surface area contributed by atoms with Crippen LogP contribution in [0.5, 0.6) is 0 Å². The minimum absolute atomic E-state index is 0.0463. The Balaban J connectivity index is 1.54. The second kappa shape index (κ2) is 62.8. The minimum atomic E-state index is -1.24. The van der Waals surface area contributed by atoms with Gasteiger partial charge in [0.1, 0.15) is 49.1 Å². The van der Waals surface area contributed by atoms with E-state index >= 15 is 0 Å². The molecule has 3 aliphatic heterocycles. The molecule has 39 nitrogen and oxygen atoms in total. The molecule has 0 aromatic heterocycles. The molecule has 3 fully saturated rings.